The van der Waals surface area contributed by atoms with E-state index >= 15 is 0 Å². The first-order valence-corrected chi connectivity index (χ1v) is 5.69. The molecule has 0 saturated heterocycles. The molecule has 1 N–H and O–H groups in total. The lowest BCUT2D eigenvalue weighted by Gasteiger charge is -2.18. The summed E-state index contributed by atoms with van der Waals surface area (Å²) in [6.07, 6.45) is -2.53. The van der Waals surface area contributed by atoms with Crippen LogP contribution < -0.4 is 5.43 Å². The van der Waals surface area contributed by atoms with Crippen molar-refractivity contribution in [3.8, 4) is 0 Å². The molecule has 104 valence electrons. The summed E-state index contributed by atoms with van der Waals surface area (Å²) in [5, 5.41) is 0.560. The zero-order valence-corrected chi connectivity index (χ0v) is 9.87. The van der Waals surface area contributed by atoms with Crippen LogP contribution >= 0.6 is 0 Å². The molecule has 1 fully saturated rings. The number of hydrazine groups is 1. The van der Waals surface area contributed by atoms with Crippen molar-refractivity contribution in [2.75, 3.05) is 6.98 Å². The average Bonchev–Trinajstić information content (AvgIpc) is 3.20. The van der Waals surface area contributed by atoms with E-state index in [9.17, 15) is 18.0 Å². The van der Waals surface area contributed by atoms with Gasteiger partial charge in [0.2, 0.25) is 5.91 Å². The molecule has 1 saturated carbocycles. The van der Waals surface area contributed by atoms with Gasteiger partial charge in [0.25, 0.3) is 0 Å². The van der Waals surface area contributed by atoms with Gasteiger partial charge < -0.3 is 0 Å². The number of amides is 1. The number of carbonyl (C=O) groups excluding carboxylic acids is 1. The minimum absolute atomic E-state index is 0.158. The van der Waals surface area contributed by atoms with E-state index in [4.69, 9.17) is 4.11 Å². The van der Waals surface area contributed by atoms with E-state index in [0.717, 1.165) is 12.1 Å². The van der Waals surface area contributed by atoms with Crippen molar-refractivity contribution >= 4 is 5.91 Å². The molecular weight excluding hydrogens is 259 g/mol. The maximum absolute atomic E-state index is 12.4. The Labute approximate surface area is 112 Å². The van der Waals surface area contributed by atoms with E-state index in [1.54, 1.807) is 0 Å². The molecule has 0 unspecified atom stereocenters. The lowest BCUT2D eigenvalue weighted by molar-refractivity contribution is -0.137. The third-order valence-electron chi connectivity index (χ3n) is 2.72. The molecule has 1 aliphatic rings. The second-order valence-corrected chi connectivity index (χ2v) is 4.32. The first kappa shape index (κ1) is 10.2. The van der Waals surface area contributed by atoms with Gasteiger partial charge in [-0.15, -0.1) is 0 Å². The molecule has 1 heterocycles. The summed E-state index contributed by atoms with van der Waals surface area (Å²) < 4.78 is 59.2. The smallest absolute Gasteiger partial charge is 0.281 e. The Balaban J connectivity index is 2.01. The third kappa shape index (κ3) is 3.66. The fourth-order valence-electron chi connectivity index (χ4n) is 1.45. The molecule has 0 aliphatic heterocycles. The van der Waals surface area contributed by atoms with Crippen molar-refractivity contribution in [1.29, 1.82) is 0 Å². The van der Waals surface area contributed by atoms with Crippen LogP contribution in [-0.4, -0.2) is 22.9 Å². The molecule has 1 aromatic heterocycles. The van der Waals surface area contributed by atoms with Gasteiger partial charge >= 0.3 is 6.18 Å². The van der Waals surface area contributed by atoms with Crippen LogP contribution in [0.3, 0.4) is 0 Å². The quantitative estimate of drug-likeness (QED) is 0.855. The van der Waals surface area contributed by atoms with Crippen LogP contribution in [0.4, 0.5) is 13.2 Å². The molecule has 0 atom stereocenters. The second kappa shape index (κ2) is 5.16. The van der Waals surface area contributed by atoms with Gasteiger partial charge in [0, 0.05) is 23.2 Å². The third-order valence-corrected chi connectivity index (χ3v) is 2.72. The Morgan fingerprint density at radius 2 is 2.32 bits per heavy atom. The van der Waals surface area contributed by atoms with Gasteiger partial charge in [-0.2, -0.15) is 13.2 Å². The van der Waals surface area contributed by atoms with Crippen molar-refractivity contribution in [3.05, 3.63) is 29.6 Å². The van der Waals surface area contributed by atoms with Crippen LogP contribution in [0.1, 0.15) is 28.2 Å². The number of carbonyl (C=O) groups is 1. The number of halogens is 3. The maximum Gasteiger partial charge on any atom is 0.417 e. The van der Waals surface area contributed by atoms with Gasteiger partial charge in [-0.1, -0.05) is 0 Å². The van der Waals surface area contributed by atoms with Gasteiger partial charge in [-0.3, -0.25) is 14.8 Å². The highest BCUT2D eigenvalue weighted by molar-refractivity contribution is 5.80. The van der Waals surface area contributed by atoms with Crippen molar-refractivity contribution in [3.63, 3.8) is 0 Å². The first-order valence-electron chi connectivity index (χ1n) is 7.19. The molecule has 0 bridgehead atoms. The number of aromatic nitrogens is 1. The fourth-order valence-corrected chi connectivity index (χ4v) is 1.45. The van der Waals surface area contributed by atoms with Crippen LogP contribution in [0.15, 0.2) is 18.3 Å². The van der Waals surface area contributed by atoms with Crippen molar-refractivity contribution in [1.82, 2.24) is 15.4 Å². The lowest BCUT2D eigenvalue weighted by atomic mass is 10.2. The highest BCUT2D eigenvalue weighted by Crippen LogP contribution is 2.30. The molecule has 1 aliphatic carbocycles. The summed E-state index contributed by atoms with van der Waals surface area (Å²) in [7, 11) is 0. The zero-order valence-electron chi connectivity index (χ0n) is 12.9. The van der Waals surface area contributed by atoms with Gasteiger partial charge in [-0.05, 0) is 25.0 Å². The largest absolute Gasteiger partial charge is 0.417 e. The van der Waals surface area contributed by atoms with Crippen LogP contribution in [0.25, 0.3) is 0 Å². The molecule has 4 nitrogen and oxygen atoms in total. The highest BCUT2D eigenvalue weighted by atomic mass is 19.4. The van der Waals surface area contributed by atoms with E-state index in [1.807, 2.05) is 0 Å². The predicted octanol–water partition coefficient (Wildman–Crippen LogP) is 1.97. The van der Waals surface area contributed by atoms with E-state index < -0.39 is 24.6 Å². The fraction of sp³-hybridized carbons (Fsp3) is 0.500. The van der Waals surface area contributed by atoms with Crippen LogP contribution in [0.5, 0.6) is 0 Å². The predicted molar refractivity (Wildman–Crippen MR) is 61.6 cm³/mol. The Hall–Kier alpha value is -1.63. The van der Waals surface area contributed by atoms with Crippen LogP contribution in [0.2, 0.25) is 0 Å². The monoisotopic (exact) mass is 276 g/mol. The maximum atomic E-state index is 12.4. The second-order valence-electron chi connectivity index (χ2n) is 4.32. The molecule has 1 amide bonds. The summed E-state index contributed by atoms with van der Waals surface area (Å²) in [4.78, 5) is 15.5. The average molecular weight is 276 g/mol. The summed E-state index contributed by atoms with van der Waals surface area (Å²) in [5.74, 6) is -0.833. The molecule has 0 aromatic carbocycles. The summed E-state index contributed by atoms with van der Waals surface area (Å²) in [6, 6.07) is 1.99. The van der Waals surface area contributed by atoms with Gasteiger partial charge in [-0.25, -0.2) is 5.43 Å². The van der Waals surface area contributed by atoms with Crippen molar-refractivity contribution in [2.24, 2.45) is 5.92 Å². The van der Waals surface area contributed by atoms with E-state index in [1.165, 1.54) is 0 Å². The topological polar surface area (TPSA) is 45.2 Å². The Morgan fingerprint density at radius 3 is 2.79 bits per heavy atom. The van der Waals surface area contributed by atoms with Gasteiger partial charge in [0.05, 0.1) is 17.8 Å². The Kier molecular flexibility index (Phi) is 2.77. The number of hydrogen-bond acceptors (Lipinski definition) is 3. The molecule has 0 spiro atoms. The molecule has 7 heteroatoms. The van der Waals surface area contributed by atoms with Gasteiger partial charge in [0.15, 0.2) is 0 Å². The molecule has 1 aromatic rings. The van der Waals surface area contributed by atoms with E-state index in [-0.39, 0.29) is 18.2 Å². The van der Waals surface area contributed by atoms with Crippen LogP contribution in [0, 0.1) is 5.92 Å². The normalized spacial score (nSPS) is 18.4. The summed E-state index contributed by atoms with van der Waals surface area (Å²) in [6.45, 7) is -2.82. The van der Waals surface area contributed by atoms with Crippen LogP contribution in [-0.2, 0) is 17.5 Å². The Morgan fingerprint density at radius 1 is 1.58 bits per heavy atom. The SMILES string of the molecule is [2H]C([2H])([2H])N(NCc1ccc(C(F)(F)F)cn1)C(=O)C1CC1. The first-order chi connectivity index (χ1) is 10.1. The van der Waals surface area contributed by atoms with E-state index in [2.05, 4.69) is 10.4 Å². The minimum Gasteiger partial charge on any atom is -0.281 e. The Bertz CT molecular complexity index is 541. The number of hydrogen-bond donors (Lipinski definition) is 1. The summed E-state index contributed by atoms with van der Waals surface area (Å²) >= 11 is 0. The van der Waals surface area contributed by atoms with Gasteiger partial charge in [0.1, 0.15) is 0 Å². The highest BCUT2D eigenvalue weighted by Gasteiger charge is 2.32. The molecule has 2 rings (SSSR count). The lowest BCUT2D eigenvalue weighted by Crippen LogP contribution is -2.40. The number of rotatable bonds is 4. The molecule has 0 radical (unpaired) electrons. The van der Waals surface area contributed by atoms with Crippen molar-refractivity contribution < 1.29 is 22.1 Å². The number of alkyl halides is 3. The number of nitrogens with one attached hydrogen (secondary N) is 1. The number of pyridine rings is 1. The van der Waals surface area contributed by atoms with E-state index in [0.29, 0.717) is 24.0 Å². The minimum atomic E-state index is -4.48. The summed E-state index contributed by atoms with van der Waals surface area (Å²) in [5.41, 5.74) is 1.74. The zero-order chi connectivity index (χ0) is 16.5. The van der Waals surface area contributed by atoms with Crippen molar-refractivity contribution in [2.45, 2.75) is 25.6 Å². The molecule has 19 heavy (non-hydrogen) atoms. The standard InChI is InChI=1S/C12H14F3N3O/c1-18(11(19)8-2-3-8)17-7-10-5-4-9(6-16-10)12(13,14)15/h4-6,8,17H,2-3,7H2,1H3/i1D3. The molecular formula is C12H14F3N3O. The number of nitrogens with zero attached hydrogens (tertiary/aromatic N) is 2.